The highest BCUT2D eigenvalue weighted by Crippen LogP contribution is 2.20. The van der Waals surface area contributed by atoms with Gasteiger partial charge in [-0.15, -0.1) is 0 Å². The van der Waals surface area contributed by atoms with E-state index in [0.717, 1.165) is 15.8 Å². The largest absolute Gasteiger partial charge is 0.377 e. The van der Waals surface area contributed by atoms with Gasteiger partial charge < -0.3 is 4.90 Å². The van der Waals surface area contributed by atoms with Gasteiger partial charge in [-0.1, -0.05) is 17.7 Å². The molecule has 0 fully saturated rings. The number of H-pyrrole nitrogens is 1. The highest BCUT2D eigenvalue weighted by molar-refractivity contribution is 6.29. The average molecular weight is 280 g/mol. The van der Waals surface area contributed by atoms with Crippen LogP contribution in [0.3, 0.4) is 0 Å². The van der Waals surface area contributed by atoms with Crippen molar-refractivity contribution in [2.24, 2.45) is 0 Å². The van der Waals surface area contributed by atoms with Gasteiger partial charge in [-0.2, -0.15) is 0 Å². The highest BCUT2D eigenvalue weighted by atomic mass is 35.5. The quantitative estimate of drug-likeness (QED) is 0.849. The summed E-state index contributed by atoms with van der Waals surface area (Å²) in [6.07, 6.45) is 0. The van der Waals surface area contributed by atoms with E-state index in [1.165, 1.54) is 6.07 Å². The zero-order valence-corrected chi connectivity index (χ0v) is 11.7. The van der Waals surface area contributed by atoms with Crippen LogP contribution in [0.15, 0.2) is 33.9 Å². The van der Waals surface area contributed by atoms with Gasteiger partial charge in [0.1, 0.15) is 5.15 Å². The Morgan fingerprint density at radius 2 is 1.89 bits per heavy atom. The lowest BCUT2D eigenvalue weighted by Gasteiger charge is -2.17. The molecule has 0 saturated heterocycles. The molecule has 0 spiro atoms. The zero-order valence-electron chi connectivity index (χ0n) is 10.9. The Morgan fingerprint density at radius 3 is 2.47 bits per heavy atom. The molecule has 2 aromatic rings. The molecule has 1 aromatic heterocycles. The number of hydrogen-bond donors (Lipinski definition) is 1. The number of anilines is 1. The molecule has 2 rings (SSSR count). The SMILES string of the molecule is Cc1ccc(-n2c(=O)cc(Cl)[nH]c2=O)cc1N(C)C. The lowest BCUT2D eigenvalue weighted by molar-refractivity contribution is 0.874. The Morgan fingerprint density at radius 1 is 1.21 bits per heavy atom. The number of aromatic nitrogens is 2. The Balaban J connectivity index is 2.70. The summed E-state index contributed by atoms with van der Waals surface area (Å²) in [6.45, 7) is 1.97. The Bertz CT molecular complexity index is 700. The third-order valence-electron chi connectivity index (χ3n) is 2.83. The van der Waals surface area contributed by atoms with Crippen LogP contribution >= 0.6 is 11.6 Å². The fourth-order valence-corrected chi connectivity index (χ4v) is 2.10. The lowest BCUT2D eigenvalue weighted by Crippen LogP contribution is -2.33. The van der Waals surface area contributed by atoms with Crippen LogP contribution < -0.4 is 16.1 Å². The van der Waals surface area contributed by atoms with Gasteiger partial charge in [-0.3, -0.25) is 9.78 Å². The molecule has 0 unspecified atom stereocenters. The number of rotatable bonds is 2. The second-order valence-corrected chi connectivity index (χ2v) is 4.87. The maximum absolute atomic E-state index is 11.9. The van der Waals surface area contributed by atoms with Crippen molar-refractivity contribution in [3.63, 3.8) is 0 Å². The summed E-state index contributed by atoms with van der Waals surface area (Å²) in [6, 6.07) is 6.57. The van der Waals surface area contributed by atoms with Gasteiger partial charge in [-0.05, 0) is 24.6 Å². The summed E-state index contributed by atoms with van der Waals surface area (Å²) in [5.41, 5.74) is 1.51. The third kappa shape index (κ3) is 2.56. The molecule has 0 aliphatic heterocycles. The average Bonchev–Trinajstić information content (AvgIpc) is 2.29. The predicted octanol–water partition coefficient (Wildman–Crippen LogP) is 1.55. The van der Waals surface area contributed by atoms with Gasteiger partial charge in [0.15, 0.2) is 0 Å². The number of nitrogens with zero attached hydrogens (tertiary/aromatic N) is 2. The van der Waals surface area contributed by atoms with E-state index in [1.807, 2.05) is 32.0 Å². The van der Waals surface area contributed by atoms with Crippen LogP contribution in [0.4, 0.5) is 5.69 Å². The molecule has 0 atom stereocenters. The molecular formula is C13H14ClN3O2. The molecular weight excluding hydrogens is 266 g/mol. The van der Waals surface area contributed by atoms with Crippen molar-refractivity contribution in [2.75, 3.05) is 19.0 Å². The number of benzene rings is 1. The fraction of sp³-hybridized carbons (Fsp3) is 0.231. The van der Waals surface area contributed by atoms with Gasteiger partial charge in [0.05, 0.1) is 5.69 Å². The zero-order chi connectivity index (χ0) is 14.2. The Labute approximate surface area is 115 Å². The molecule has 1 heterocycles. The first kappa shape index (κ1) is 13.4. The molecule has 19 heavy (non-hydrogen) atoms. The molecule has 0 radical (unpaired) electrons. The molecule has 0 aliphatic rings. The standard InChI is InChI=1S/C13H14ClN3O2/c1-8-4-5-9(6-10(8)16(2)3)17-12(18)7-11(14)15-13(17)19/h4-7H,1-3H3,(H,15,19). The molecule has 5 nitrogen and oxygen atoms in total. The second kappa shape index (κ2) is 4.93. The normalized spacial score (nSPS) is 10.5. The van der Waals surface area contributed by atoms with Crippen molar-refractivity contribution in [1.29, 1.82) is 0 Å². The minimum absolute atomic E-state index is 0.0335. The number of hydrogen-bond acceptors (Lipinski definition) is 3. The summed E-state index contributed by atoms with van der Waals surface area (Å²) in [5.74, 6) is 0. The molecule has 100 valence electrons. The molecule has 0 aliphatic carbocycles. The van der Waals surface area contributed by atoms with Gasteiger partial charge in [0.25, 0.3) is 5.56 Å². The molecule has 0 amide bonds. The molecule has 0 saturated carbocycles. The maximum Gasteiger partial charge on any atom is 0.334 e. The molecule has 1 N–H and O–H groups in total. The van der Waals surface area contributed by atoms with E-state index in [0.29, 0.717) is 5.69 Å². The van der Waals surface area contributed by atoms with Crippen molar-refractivity contribution in [3.8, 4) is 5.69 Å². The van der Waals surface area contributed by atoms with Crippen LogP contribution in [-0.4, -0.2) is 23.6 Å². The highest BCUT2D eigenvalue weighted by Gasteiger charge is 2.09. The number of aromatic amines is 1. The van der Waals surface area contributed by atoms with Crippen molar-refractivity contribution >= 4 is 17.3 Å². The minimum atomic E-state index is -0.550. The van der Waals surface area contributed by atoms with Crippen molar-refractivity contribution in [3.05, 3.63) is 55.8 Å². The topological polar surface area (TPSA) is 58.1 Å². The summed E-state index contributed by atoms with van der Waals surface area (Å²) in [5, 5.41) is 0.0335. The lowest BCUT2D eigenvalue weighted by atomic mass is 10.1. The Kier molecular flexibility index (Phi) is 3.48. The van der Waals surface area contributed by atoms with Gasteiger partial charge in [0, 0.05) is 25.8 Å². The van der Waals surface area contributed by atoms with E-state index in [2.05, 4.69) is 4.98 Å². The first-order valence-electron chi connectivity index (χ1n) is 5.70. The van der Waals surface area contributed by atoms with E-state index in [-0.39, 0.29) is 5.15 Å². The van der Waals surface area contributed by atoms with Crippen LogP contribution in [0.1, 0.15) is 5.56 Å². The summed E-state index contributed by atoms with van der Waals surface area (Å²) >= 11 is 5.64. The first-order chi connectivity index (χ1) is 8.90. The third-order valence-corrected chi connectivity index (χ3v) is 3.04. The van der Waals surface area contributed by atoms with E-state index in [9.17, 15) is 9.59 Å². The fourth-order valence-electron chi connectivity index (χ4n) is 1.93. The minimum Gasteiger partial charge on any atom is -0.377 e. The Hall–Kier alpha value is -2.01. The van der Waals surface area contributed by atoms with Crippen molar-refractivity contribution in [1.82, 2.24) is 9.55 Å². The summed E-state index contributed by atoms with van der Waals surface area (Å²) in [7, 11) is 3.81. The first-order valence-corrected chi connectivity index (χ1v) is 6.08. The molecule has 6 heteroatoms. The van der Waals surface area contributed by atoms with Crippen molar-refractivity contribution in [2.45, 2.75) is 6.92 Å². The van der Waals surface area contributed by atoms with E-state index < -0.39 is 11.2 Å². The van der Waals surface area contributed by atoms with Crippen LogP contribution in [-0.2, 0) is 0 Å². The van der Waals surface area contributed by atoms with E-state index in [1.54, 1.807) is 12.1 Å². The molecule has 0 bridgehead atoms. The van der Waals surface area contributed by atoms with Crippen LogP contribution in [0.25, 0.3) is 5.69 Å². The monoisotopic (exact) mass is 279 g/mol. The van der Waals surface area contributed by atoms with Crippen LogP contribution in [0.2, 0.25) is 5.15 Å². The van der Waals surface area contributed by atoms with Gasteiger partial charge in [-0.25, -0.2) is 9.36 Å². The van der Waals surface area contributed by atoms with Crippen molar-refractivity contribution < 1.29 is 0 Å². The van der Waals surface area contributed by atoms with E-state index >= 15 is 0 Å². The van der Waals surface area contributed by atoms with Crippen LogP contribution in [0, 0.1) is 6.92 Å². The predicted molar refractivity (Wildman–Crippen MR) is 76.7 cm³/mol. The number of nitrogens with one attached hydrogen (secondary N) is 1. The maximum atomic E-state index is 11.9. The smallest absolute Gasteiger partial charge is 0.334 e. The van der Waals surface area contributed by atoms with E-state index in [4.69, 9.17) is 11.6 Å². The van der Waals surface area contributed by atoms with Gasteiger partial charge in [0.2, 0.25) is 0 Å². The molecule has 1 aromatic carbocycles. The number of halogens is 1. The number of aryl methyl sites for hydroxylation is 1. The second-order valence-electron chi connectivity index (χ2n) is 4.46. The van der Waals surface area contributed by atoms with Crippen LogP contribution in [0.5, 0.6) is 0 Å². The van der Waals surface area contributed by atoms with Gasteiger partial charge >= 0.3 is 5.69 Å². The summed E-state index contributed by atoms with van der Waals surface area (Å²) < 4.78 is 1.05. The summed E-state index contributed by atoms with van der Waals surface area (Å²) in [4.78, 5) is 28.0.